The highest BCUT2D eigenvalue weighted by molar-refractivity contribution is 6.29. The molecular formula is C9H8ClN3. The molecule has 13 heavy (non-hydrogen) atoms. The van der Waals surface area contributed by atoms with Gasteiger partial charge in [0.2, 0.25) is 0 Å². The first-order valence-corrected chi connectivity index (χ1v) is 4.21. The number of rotatable bonds is 1. The topological polar surface area (TPSA) is 43.8 Å². The van der Waals surface area contributed by atoms with Gasteiger partial charge >= 0.3 is 0 Å². The van der Waals surface area contributed by atoms with Crippen LogP contribution in [-0.4, -0.2) is 9.89 Å². The predicted molar refractivity (Wildman–Crippen MR) is 52.8 cm³/mol. The zero-order chi connectivity index (χ0) is 9.26. The van der Waals surface area contributed by atoms with Crippen LogP contribution in [0.4, 0.5) is 0 Å². The molecule has 2 N–H and O–H groups in total. The lowest BCUT2D eigenvalue weighted by atomic mass is 10.2. The molecular weight excluding hydrogens is 186 g/mol. The van der Waals surface area contributed by atoms with Crippen LogP contribution < -0.4 is 5.84 Å². The Morgan fingerprint density at radius 1 is 1.23 bits per heavy atom. The molecule has 0 radical (unpaired) electrons. The summed E-state index contributed by atoms with van der Waals surface area (Å²) in [6, 6.07) is 11.5. The van der Waals surface area contributed by atoms with Crippen molar-refractivity contribution in [2.24, 2.45) is 0 Å². The average Bonchev–Trinajstić information content (AvgIpc) is 2.47. The van der Waals surface area contributed by atoms with Crippen molar-refractivity contribution in [3.63, 3.8) is 0 Å². The number of nitrogen functional groups attached to an aromatic ring is 1. The number of hydrogen-bond donors (Lipinski definition) is 1. The van der Waals surface area contributed by atoms with Crippen LogP contribution in [0.25, 0.3) is 11.3 Å². The van der Waals surface area contributed by atoms with Gasteiger partial charge in [-0.2, -0.15) is 4.79 Å². The highest BCUT2D eigenvalue weighted by Crippen LogP contribution is 2.20. The van der Waals surface area contributed by atoms with Crippen LogP contribution in [0.15, 0.2) is 36.4 Å². The maximum atomic E-state index is 5.70. The smallest absolute Gasteiger partial charge is 0.153 e. The van der Waals surface area contributed by atoms with Gasteiger partial charge in [0.05, 0.1) is 5.69 Å². The molecule has 0 saturated heterocycles. The second kappa shape index (κ2) is 3.11. The van der Waals surface area contributed by atoms with Crippen molar-refractivity contribution < 1.29 is 0 Å². The number of benzene rings is 1. The van der Waals surface area contributed by atoms with Gasteiger partial charge in [-0.3, -0.25) is 0 Å². The molecule has 0 aliphatic rings. The summed E-state index contributed by atoms with van der Waals surface area (Å²) in [6.45, 7) is 0. The number of nitrogens with zero attached hydrogens (tertiary/aromatic N) is 2. The van der Waals surface area contributed by atoms with E-state index in [1.54, 1.807) is 6.07 Å². The van der Waals surface area contributed by atoms with Crippen molar-refractivity contribution in [2.75, 3.05) is 5.84 Å². The Labute approximate surface area is 80.7 Å². The Hall–Kier alpha value is -1.48. The second-order valence-electron chi connectivity index (χ2n) is 2.66. The minimum Gasteiger partial charge on any atom is -0.323 e. The van der Waals surface area contributed by atoms with Crippen molar-refractivity contribution in [1.29, 1.82) is 0 Å². The van der Waals surface area contributed by atoms with Crippen LogP contribution in [0.5, 0.6) is 0 Å². The van der Waals surface area contributed by atoms with Gasteiger partial charge in [-0.1, -0.05) is 41.9 Å². The molecule has 2 aromatic rings. The first-order valence-electron chi connectivity index (χ1n) is 3.83. The quantitative estimate of drug-likeness (QED) is 0.704. The largest absolute Gasteiger partial charge is 0.323 e. The number of aromatic nitrogens is 2. The normalized spacial score (nSPS) is 10.2. The molecule has 0 amide bonds. The Kier molecular flexibility index (Phi) is 1.94. The van der Waals surface area contributed by atoms with Crippen molar-refractivity contribution in [3.05, 3.63) is 41.6 Å². The van der Waals surface area contributed by atoms with Crippen LogP contribution in [0.3, 0.4) is 0 Å². The van der Waals surface area contributed by atoms with Crippen molar-refractivity contribution in [1.82, 2.24) is 9.89 Å². The maximum Gasteiger partial charge on any atom is 0.153 e. The molecule has 0 bridgehead atoms. The highest BCUT2D eigenvalue weighted by Gasteiger charge is 2.04. The van der Waals surface area contributed by atoms with E-state index in [0.29, 0.717) is 5.15 Å². The summed E-state index contributed by atoms with van der Waals surface area (Å²) in [4.78, 5) is 1.28. The standard InChI is InChI=1S/C9H8ClN3/c10-9-6-8(13(11)12-9)7-4-2-1-3-5-7/h1-6H,11H2. The maximum absolute atomic E-state index is 5.70. The summed E-state index contributed by atoms with van der Waals surface area (Å²) in [5.41, 5.74) is 1.81. The van der Waals surface area contributed by atoms with E-state index in [1.807, 2.05) is 30.3 Å². The lowest BCUT2D eigenvalue weighted by Gasteiger charge is -1.99. The van der Waals surface area contributed by atoms with Crippen molar-refractivity contribution >= 4 is 11.6 Å². The van der Waals surface area contributed by atoms with Crippen molar-refractivity contribution in [3.8, 4) is 11.3 Å². The fourth-order valence-electron chi connectivity index (χ4n) is 1.19. The third-order valence-electron chi connectivity index (χ3n) is 1.78. The highest BCUT2D eigenvalue weighted by atomic mass is 35.5. The second-order valence-corrected chi connectivity index (χ2v) is 3.05. The number of hydrogen-bond acceptors (Lipinski definition) is 2. The molecule has 0 aliphatic heterocycles. The molecule has 1 aromatic heterocycles. The molecule has 0 spiro atoms. The monoisotopic (exact) mass is 193 g/mol. The first kappa shape index (κ1) is 8.13. The molecule has 0 fully saturated rings. The predicted octanol–water partition coefficient (Wildman–Crippen LogP) is 1.92. The Balaban J connectivity index is 2.53. The summed E-state index contributed by atoms with van der Waals surface area (Å²) in [5.74, 6) is 5.59. The van der Waals surface area contributed by atoms with Gasteiger partial charge in [-0.25, -0.2) is 0 Å². The number of nitrogens with two attached hydrogens (primary N) is 1. The summed E-state index contributed by atoms with van der Waals surface area (Å²) in [5, 5.41) is 4.25. The number of halogens is 1. The minimum atomic E-state index is 0.404. The fraction of sp³-hybridized carbons (Fsp3) is 0. The molecule has 4 heteroatoms. The van der Waals surface area contributed by atoms with Crippen LogP contribution >= 0.6 is 11.6 Å². The molecule has 0 unspecified atom stereocenters. The summed E-state index contributed by atoms with van der Waals surface area (Å²) in [7, 11) is 0. The summed E-state index contributed by atoms with van der Waals surface area (Å²) < 4.78 is 0. The molecule has 66 valence electrons. The molecule has 2 rings (SSSR count). The molecule has 0 aliphatic carbocycles. The van der Waals surface area contributed by atoms with E-state index in [9.17, 15) is 0 Å². The SMILES string of the molecule is Nn1nc(Cl)cc1-c1ccccc1. The Morgan fingerprint density at radius 2 is 1.92 bits per heavy atom. The zero-order valence-electron chi connectivity index (χ0n) is 6.81. The molecule has 3 nitrogen and oxygen atoms in total. The Morgan fingerprint density at radius 3 is 2.46 bits per heavy atom. The van der Waals surface area contributed by atoms with Gasteiger partial charge in [0.25, 0.3) is 0 Å². The lowest BCUT2D eigenvalue weighted by molar-refractivity contribution is 0.840. The molecule has 0 atom stereocenters. The van der Waals surface area contributed by atoms with Crippen molar-refractivity contribution in [2.45, 2.75) is 0 Å². The van der Waals surface area contributed by atoms with Gasteiger partial charge in [0, 0.05) is 11.6 Å². The van der Waals surface area contributed by atoms with Gasteiger partial charge in [0.15, 0.2) is 5.15 Å². The molecule has 1 heterocycles. The van der Waals surface area contributed by atoms with Crippen LogP contribution in [0.2, 0.25) is 5.15 Å². The summed E-state index contributed by atoms with van der Waals surface area (Å²) in [6.07, 6.45) is 0. The van der Waals surface area contributed by atoms with Crippen LogP contribution in [0.1, 0.15) is 0 Å². The third-order valence-corrected chi connectivity index (χ3v) is 1.96. The van der Waals surface area contributed by atoms with Gasteiger partial charge in [0.1, 0.15) is 0 Å². The minimum absolute atomic E-state index is 0.404. The molecule has 0 saturated carbocycles. The summed E-state index contributed by atoms with van der Waals surface area (Å²) >= 11 is 5.70. The van der Waals surface area contributed by atoms with Gasteiger partial charge < -0.3 is 5.84 Å². The Bertz CT molecular complexity index is 408. The van der Waals surface area contributed by atoms with E-state index in [-0.39, 0.29) is 0 Å². The van der Waals surface area contributed by atoms with Crippen LogP contribution in [-0.2, 0) is 0 Å². The van der Waals surface area contributed by atoms with E-state index >= 15 is 0 Å². The van der Waals surface area contributed by atoms with E-state index in [1.165, 1.54) is 4.79 Å². The fourth-order valence-corrected chi connectivity index (χ4v) is 1.37. The lowest BCUT2D eigenvalue weighted by Crippen LogP contribution is -2.11. The van der Waals surface area contributed by atoms with E-state index in [4.69, 9.17) is 17.4 Å². The zero-order valence-corrected chi connectivity index (χ0v) is 7.57. The van der Waals surface area contributed by atoms with E-state index < -0.39 is 0 Å². The van der Waals surface area contributed by atoms with E-state index in [2.05, 4.69) is 5.10 Å². The average molecular weight is 194 g/mol. The van der Waals surface area contributed by atoms with Gasteiger partial charge in [-0.15, -0.1) is 5.10 Å². The molecule has 1 aromatic carbocycles. The first-order chi connectivity index (χ1) is 6.27. The van der Waals surface area contributed by atoms with E-state index in [0.717, 1.165) is 11.3 Å². The van der Waals surface area contributed by atoms with Crippen LogP contribution in [0, 0.1) is 0 Å². The third kappa shape index (κ3) is 1.51. The van der Waals surface area contributed by atoms with Gasteiger partial charge in [-0.05, 0) is 0 Å².